The Morgan fingerprint density at radius 3 is 2.21 bits per heavy atom. The predicted octanol–water partition coefficient (Wildman–Crippen LogP) is 2.91. The molecule has 0 bridgehead atoms. The molecular formula is C25H24N2O6. The van der Waals surface area contributed by atoms with Crippen molar-refractivity contribution < 1.29 is 28.6 Å². The molecule has 33 heavy (non-hydrogen) atoms. The Kier molecular flexibility index (Phi) is 8.02. The van der Waals surface area contributed by atoms with Gasteiger partial charge in [-0.05, 0) is 41.8 Å². The molecule has 0 spiro atoms. The summed E-state index contributed by atoms with van der Waals surface area (Å²) in [5, 5.41) is 0. The van der Waals surface area contributed by atoms with Gasteiger partial charge >= 0.3 is 5.97 Å². The zero-order valence-electron chi connectivity index (χ0n) is 18.3. The van der Waals surface area contributed by atoms with Crippen LogP contribution in [-0.2, 0) is 16.0 Å². The number of hydrogen-bond donors (Lipinski definition) is 2. The van der Waals surface area contributed by atoms with Crippen LogP contribution < -0.4 is 20.3 Å². The van der Waals surface area contributed by atoms with Gasteiger partial charge in [-0.15, -0.1) is 0 Å². The van der Waals surface area contributed by atoms with Crippen LogP contribution in [0.3, 0.4) is 0 Å². The lowest BCUT2D eigenvalue weighted by molar-refractivity contribution is -0.125. The first kappa shape index (κ1) is 23.3. The molecule has 0 aromatic heterocycles. The maximum atomic E-state index is 12.5. The molecule has 170 valence electrons. The van der Waals surface area contributed by atoms with E-state index in [1.807, 2.05) is 42.5 Å². The van der Waals surface area contributed by atoms with Crippen molar-refractivity contribution >= 4 is 17.8 Å². The number of hydrazine groups is 1. The van der Waals surface area contributed by atoms with Crippen molar-refractivity contribution in [2.75, 3.05) is 20.8 Å². The molecule has 0 atom stereocenters. The maximum Gasteiger partial charge on any atom is 0.338 e. The number of carbonyl (C=O) groups is 3. The van der Waals surface area contributed by atoms with E-state index in [-0.39, 0.29) is 5.56 Å². The van der Waals surface area contributed by atoms with Crippen molar-refractivity contribution in [3.05, 3.63) is 95.1 Å². The number of methoxy groups -OCH3 is 2. The van der Waals surface area contributed by atoms with E-state index in [1.54, 1.807) is 18.2 Å². The van der Waals surface area contributed by atoms with E-state index in [1.165, 1.54) is 26.4 Å². The molecule has 8 heteroatoms. The summed E-state index contributed by atoms with van der Waals surface area (Å²) in [7, 11) is 2.94. The van der Waals surface area contributed by atoms with Gasteiger partial charge in [0.25, 0.3) is 11.8 Å². The Balaban J connectivity index is 1.53. The third kappa shape index (κ3) is 6.33. The monoisotopic (exact) mass is 448 g/mol. The number of esters is 1. The average Bonchev–Trinajstić information content (AvgIpc) is 2.86. The van der Waals surface area contributed by atoms with Gasteiger partial charge in [0, 0.05) is 5.56 Å². The third-order valence-corrected chi connectivity index (χ3v) is 4.77. The van der Waals surface area contributed by atoms with E-state index in [9.17, 15) is 14.4 Å². The number of ether oxygens (including phenoxy) is 3. The van der Waals surface area contributed by atoms with Crippen molar-refractivity contribution in [2.24, 2.45) is 0 Å². The van der Waals surface area contributed by atoms with Crippen molar-refractivity contribution in [1.29, 1.82) is 0 Å². The quantitative estimate of drug-likeness (QED) is 0.406. The van der Waals surface area contributed by atoms with Gasteiger partial charge in [0.1, 0.15) is 0 Å². The van der Waals surface area contributed by atoms with E-state index < -0.39 is 24.4 Å². The van der Waals surface area contributed by atoms with Crippen molar-refractivity contribution in [1.82, 2.24) is 10.9 Å². The highest BCUT2D eigenvalue weighted by Gasteiger charge is 2.16. The number of benzene rings is 3. The molecule has 0 fully saturated rings. The summed E-state index contributed by atoms with van der Waals surface area (Å²) < 4.78 is 15.4. The Bertz CT molecular complexity index is 1130. The van der Waals surface area contributed by atoms with E-state index in [0.29, 0.717) is 23.5 Å². The molecule has 0 unspecified atom stereocenters. The fraction of sp³-hybridized carbons (Fsp3) is 0.160. The molecule has 2 amide bonds. The largest absolute Gasteiger partial charge is 0.493 e. The first-order valence-corrected chi connectivity index (χ1v) is 10.1. The molecule has 0 saturated carbocycles. The van der Waals surface area contributed by atoms with E-state index in [2.05, 4.69) is 10.9 Å². The highest BCUT2D eigenvalue weighted by atomic mass is 16.5. The summed E-state index contributed by atoms with van der Waals surface area (Å²) >= 11 is 0. The molecule has 0 aliphatic heterocycles. The van der Waals surface area contributed by atoms with Gasteiger partial charge in [0.05, 0.1) is 19.8 Å². The summed E-state index contributed by atoms with van der Waals surface area (Å²) in [6, 6.07) is 21.3. The second kappa shape index (κ2) is 11.3. The minimum Gasteiger partial charge on any atom is -0.493 e. The van der Waals surface area contributed by atoms with Gasteiger partial charge in [-0.2, -0.15) is 0 Å². The van der Waals surface area contributed by atoms with Crippen molar-refractivity contribution in [3.8, 4) is 11.5 Å². The molecule has 0 aliphatic carbocycles. The minimum atomic E-state index is -0.683. The first-order chi connectivity index (χ1) is 16.0. The molecule has 3 rings (SSSR count). The van der Waals surface area contributed by atoms with E-state index in [4.69, 9.17) is 14.2 Å². The maximum absolute atomic E-state index is 12.5. The van der Waals surface area contributed by atoms with Gasteiger partial charge in [0.2, 0.25) is 0 Å². The normalized spacial score (nSPS) is 10.1. The smallest absolute Gasteiger partial charge is 0.338 e. The number of rotatable bonds is 8. The van der Waals surface area contributed by atoms with E-state index >= 15 is 0 Å². The third-order valence-electron chi connectivity index (χ3n) is 4.77. The fourth-order valence-corrected chi connectivity index (χ4v) is 3.11. The SMILES string of the molecule is COc1ccc(C(=O)NNC(=O)COC(=O)c2ccccc2Cc2ccccc2)cc1OC. The molecule has 0 heterocycles. The highest BCUT2D eigenvalue weighted by Crippen LogP contribution is 2.27. The zero-order chi connectivity index (χ0) is 23.6. The van der Waals surface area contributed by atoms with Crippen LogP contribution in [0.15, 0.2) is 72.8 Å². The second-order valence-electron chi connectivity index (χ2n) is 6.97. The molecule has 3 aromatic rings. The number of hydrogen-bond acceptors (Lipinski definition) is 6. The second-order valence-corrected chi connectivity index (χ2v) is 6.97. The van der Waals surface area contributed by atoms with Crippen LogP contribution in [0.5, 0.6) is 11.5 Å². The van der Waals surface area contributed by atoms with Crippen LogP contribution in [-0.4, -0.2) is 38.6 Å². The Morgan fingerprint density at radius 1 is 0.788 bits per heavy atom. The molecule has 0 saturated heterocycles. The molecule has 3 aromatic carbocycles. The summed E-state index contributed by atoms with van der Waals surface area (Å²) in [4.78, 5) is 36.9. The Labute approximate surface area is 191 Å². The van der Waals surface area contributed by atoms with Gasteiger partial charge in [-0.1, -0.05) is 48.5 Å². The van der Waals surface area contributed by atoms with Crippen molar-refractivity contribution in [3.63, 3.8) is 0 Å². The first-order valence-electron chi connectivity index (χ1n) is 10.1. The predicted molar refractivity (Wildman–Crippen MR) is 121 cm³/mol. The van der Waals surface area contributed by atoms with Gasteiger partial charge < -0.3 is 14.2 Å². The van der Waals surface area contributed by atoms with Gasteiger partial charge in [0.15, 0.2) is 18.1 Å². The average molecular weight is 448 g/mol. The Morgan fingerprint density at radius 2 is 1.48 bits per heavy atom. The van der Waals surface area contributed by atoms with Crippen LogP contribution >= 0.6 is 0 Å². The lowest BCUT2D eigenvalue weighted by atomic mass is 10.00. The molecule has 0 radical (unpaired) electrons. The summed E-state index contributed by atoms with van der Waals surface area (Å²) in [6.45, 7) is -0.551. The minimum absolute atomic E-state index is 0.250. The molecule has 2 N–H and O–H groups in total. The lowest BCUT2D eigenvalue weighted by Crippen LogP contribution is -2.43. The molecular weight excluding hydrogens is 424 g/mol. The van der Waals surface area contributed by atoms with Gasteiger partial charge in [-0.25, -0.2) is 4.79 Å². The lowest BCUT2D eigenvalue weighted by Gasteiger charge is -2.12. The topological polar surface area (TPSA) is 103 Å². The van der Waals surface area contributed by atoms with Crippen LogP contribution in [0.4, 0.5) is 0 Å². The number of amides is 2. The van der Waals surface area contributed by atoms with Crippen LogP contribution in [0.2, 0.25) is 0 Å². The van der Waals surface area contributed by atoms with Crippen LogP contribution in [0.1, 0.15) is 31.8 Å². The summed E-state index contributed by atoms with van der Waals surface area (Å²) in [6.07, 6.45) is 0.555. The zero-order valence-corrected chi connectivity index (χ0v) is 18.3. The number of nitrogens with one attached hydrogen (secondary N) is 2. The molecule has 0 aliphatic rings. The van der Waals surface area contributed by atoms with Gasteiger partial charge in [-0.3, -0.25) is 20.4 Å². The summed E-state index contributed by atoms with van der Waals surface area (Å²) in [5.41, 5.74) is 6.95. The highest BCUT2D eigenvalue weighted by molar-refractivity contribution is 5.96. The molecule has 8 nitrogen and oxygen atoms in total. The van der Waals surface area contributed by atoms with Crippen LogP contribution in [0.25, 0.3) is 0 Å². The fourth-order valence-electron chi connectivity index (χ4n) is 3.11. The Hall–Kier alpha value is -4.33. The van der Waals surface area contributed by atoms with Crippen LogP contribution in [0, 0.1) is 0 Å². The standard InChI is InChI=1S/C25H24N2O6/c1-31-21-13-12-19(15-22(21)32-2)24(29)27-26-23(28)16-33-25(30)20-11-7-6-10-18(20)14-17-8-4-3-5-9-17/h3-13,15H,14,16H2,1-2H3,(H,26,28)(H,27,29). The summed E-state index contributed by atoms with van der Waals surface area (Å²) in [5.74, 6) is -1.03. The van der Waals surface area contributed by atoms with E-state index in [0.717, 1.165) is 11.1 Å². The number of carbonyl (C=O) groups excluding carboxylic acids is 3. The van der Waals surface area contributed by atoms with Crippen molar-refractivity contribution in [2.45, 2.75) is 6.42 Å².